The smallest absolute Gasteiger partial charge is 0.299 e. The fourth-order valence-electron chi connectivity index (χ4n) is 2.80. The number of ketones is 1. The molecule has 1 atom stereocenters. The van der Waals surface area contributed by atoms with Gasteiger partial charge < -0.3 is 9.84 Å². The van der Waals surface area contributed by atoms with Gasteiger partial charge in [-0.2, -0.15) is 0 Å². The molecule has 3 aromatic rings. The first-order valence-electron chi connectivity index (χ1n) is 7.39. The number of benzene rings is 3. The summed E-state index contributed by atoms with van der Waals surface area (Å²) in [5, 5.41) is 12.8. The first kappa shape index (κ1) is 13.7. The summed E-state index contributed by atoms with van der Waals surface area (Å²) in [5.74, 6) is -2.05. The van der Waals surface area contributed by atoms with Crippen LogP contribution < -0.4 is 0 Å². The van der Waals surface area contributed by atoms with Gasteiger partial charge in [0.25, 0.3) is 5.79 Å². The van der Waals surface area contributed by atoms with Crippen molar-refractivity contribution in [2.75, 3.05) is 0 Å². The van der Waals surface area contributed by atoms with Crippen LogP contribution in [0.15, 0.2) is 78.9 Å². The summed E-state index contributed by atoms with van der Waals surface area (Å²) in [5.41, 5.74) is 1.20. The molecule has 1 N–H and O–H groups in total. The van der Waals surface area contributed by atoms with Crippen LogP contribution in [-0.4, -0.2) is 10.9 Å². The Morgan fingerprint density at radius 3 is 2.30 bits per heavy atom. The van der Waals surface area contributed by atoms with Gasteiger partial charge in [0.2, 0.25) is 5.78 Å². The zero-order chi connectivity index (χ0) is 15.9. The second-order valence-electron chi connectivity index (χ2n) is 5.55. The summed E-state index contributed by atoms with van der Waals surface area (Å²) < 4.78 is 5.65. The van der Waals surface area contributed by atoms with E-state index in [0.717, 1.165) is 16.3 Å². The Morgan fingerprint density at radius 2 is 1.52 bits per heavy atom. The average Bonchev–Trinajstić information content (AvgIpc) is 2.92. The van der Waals surface area contributed by atoms with Gasteiger partial charge >= 0.3 is 0 Å². The highest BCUT2D eigenvalue weighted by molar-refractivity contribution is 6.05. The van der Waals surface area contributed by atoms with E-state index in [0.29, 0.717) is 11.3 Å². The van der Waals surface area contributed by atoms with Crippen molar-refractivity contribution in [1.82, 2.24) is 0 Å². The maximum atomic E-state index is 12.4. The molecule has 0 amide bonds. The number of rotatable bonds is 2. The fourth-order valence-corrected chi connectivity index (χ4v) is 2.80. The van der Waals surface area contributed by atoms with Gasteiger partial charge in [0.05, 0.1) is 0 Å². The summed E-state index contributed by atoms with van der Waals surface area (Å²) in [6, 6.07) is 22.4. The largest absolute Gasteiger partial charge is 0.450 e. The van der Waals surface area contributed by atoms with E-state index in [9.17, 15) is 9.90 Å². The number of carbonyl (C=O) groups is 1. The number of aliphatic hydroxyl groups is 1. The average molecular weight is 302 g/mol. The van der Waals surface area contributed by atoms with Crippen LogP contribution in [0.1, 0.15) is 11.1 Å². The number of ether oxygens (including phenoxy) is 1. The quantitative estimate of drug-likeness (QED) is 0.786. The molecule has 1 aliphatic rings. The molecule has 0 aliphatic carbocycles. The number of hydrogen-bond acceptors (Lipinski definition) is 3. The van der Waals surface area contributed by atoms with Crippen LogP contribution in [0, 0.1) is 0 Å². The van der Waals surface area contributed by atoms with Crippen molar-refractivity contribution >= 4 is 22.3 Å². The van der Waals surface area contributed by atoms with Crippen LogP contribution in [0.3, 0.4) is 0 Å². The van der Waals surface area contributed by atoms with Gasteiger partial charge in [-0.05, 0) is 16.8 Å². The lowest BCUT2D eigenvalue weighted by Crippen LogP contribution is -2.32. The van der Waals surface area contributed by atoms with Crippen molar-refractivity contribution in [2.24, 2.45) is 0 Å². The first-order valence-corrected chi connectivity index (χ1v) is 7.39. The van der Waals surface area contributed by atoms with E-state index >= 15 is 0 Å². The van der Waals surface area contributed by atoms with E-state index in [4.69, 9.17) is 4.74 Å². The minimum absolute atomic E-state index is 0.381. The highest BCUT2D eigenvalue weighted by atomic mass is 16.6. The van der Waals surface area contributed by atoms with E-state index < -0.39 is 11.6 Å². The standard InChI is InChI=1S/C20H14O3/c21-19-13-18(15-7-2-1-3-8-15)23-20(19,22)17-11-10-14-6-4-5-9-16(14)12-17/h1-13,22H. The lowest BCUT2D eigenvalue weighted by Gasteiger charge is -2.23. The third-order valence-corrected chi connectivity index (χ3v) is 4.05. The normalized spacial score (nSPS) is 20.4. The second-order valence-corrected chi connectivity index (χ2v) is 5.55. The Hall–Kier alpha value is -2.91. The molecular formula is C20H14O3. The summed E-state index contributed by atoms with van der Waals surface area (Å²) >= 11 is 0. The van der Waals surface area contributed by atoms with Gasteiger partial charge in [0.15, 0.2) is 0 Å². The minimum atomic E-state index is -1.96. The Kier molecular flexibility index (Phi) is 3.03. The van der Waals surface area contributed by atoms with E-state index in [1.807, 2.05) is 60.7 Å². The lowest BCUT2D eigenvalue weighted by atomic mass is 9.99. The maximum Gasteiger partial charge on any atom is 0.299 e. The SMILES string of the molecule is O=C1C=C(c2ccccc2)OC1(O)c1ccc2ccccc2c1. The molecule has 0 saturated heterocycles. The van der Waals surface area contributed by atoms with Gasteiger partial charge in [0, 0.05) is 17.2 Å². The van der Waals surface area contributed by atoms with E-state index in [2.05, 4.69) is 0 Å². The number of fused-ring (bicyclic) bond motifs is 1. The molecule has 0 bridgehead atoms. The van der Waals surface area contributed by atoms with Gasteiger partial charge in [-0.1, -0.05) is 66.7 Å². The Labute approximate surface area is 133 Å². The molecule has 4 rings (SSSR count). The molecule has 112 valence electrons. The second kappa shape index (κ2) is 5.07. The topological polar surface area (TPSA) is 46.5 Å². The van der Waals surface area contributed by atoms with Crippen LogP contribution in [-0.2, 0) is 15.3 Å². The summed E-state index contributed by atoms with van der Waals surface area (Å²) in [7, 11) is 0. The monoisotopic (exact) mass is 302 g/mol. The van der Waals surface area contributed by atoms with Crippen molar-refractivity contribution in [3.63, 3.8) is 0 Å². The molecule has 1 unspecified atom stereocenters. The third-order valence-electron chi connectivity index (χ3n) is 4.05. The van der Waals surface area contributed by atoms with Gasteiger partial charge in [-0.25, -0.2) is 0 Å². The molecule has 0 radical (unpaired) electrons. The van der Waals surface area contributed by atoms with Gasteiger partial charge in [-0.3, -0.25) is 4.79 Å². The molecule has 1 heterocycles. The van der Waals surface area contributed by atoms with Crippen LogP contribution in [0.25, 0.3) is 16.5 Å². The van der Waals surface area contributed by atoms with Crippen LogP contribution in [0.5, 0.6) is 0 Å². The first-order chi connectivity index (χ1) is 11.2. The Bertz CT molecular complexity index is 928. The van der Waals surface area contributed by atoms with Crippen molar-refractivity contribution < 1.29 is 14.6 Å². The highest BCUT2D eigenvalue weighted by Crippen LogP contribution is 2.37. The summed E-state index contributed by atoms with van der Waals surface area (Å²) in [6.07, 6.45) is 1.35. The molecular weight excluding hydrogens is 288 g/mol. The van der Waals surface area contributed by atoms with Crippen molar-refractivity contribution in [3.05, 3.63) is 90.0 Å². The molecule has 3 aromatic carbocycles. The van der Waals surface area contributed by atoms with E-state index in [1.54, 1.807) is 12.1 Å². The molecule has 3 heteroatoms. The predicted octanol–water partition coefficient (Wildman–Crippen LogP) is 3.63. The van der Waals surface area contributed by atoms with Gasteiger partial charge in [0.1, 0.15) is 5.76 Å². The molecule has 0 saturated carbocycles. The highest BCUT2D eigenvalue weighted by Gasteiger charge is 2.45. The molecule has 0 spiro atoms. The van der Waals surface area contributed by atoms with Crippen molar-refractivity contribution in [2.45, 2.75) is 5.79 Å². The number of carbonyl (C=O) groups excluding carboxylic acids is 1. The molecule has 23 heavy (non-hydrogen) atoms. The Morgan fingerprint density at radius 1 is 0.826 bits per heavy atom. The predicted molar refractivity (Wildman–Crippen MR) is 88.4 cm³/mol. The zero-order valence-corrected chi connectivity index (χ0v) is 12.3. The molecule has 3 nitrogen and oxygen atoms in total. The van der Waals surface area contributed by atoms with Crippen LogP contribution >= 0.6 is 0 Å². The van der Waals surface area contributed by atoms with Crippen LogP contribution in [0.2, 0.25) is 0 Å². The summed E-state index contributed by atoms with van der Waals surface area (Å²) in [6.45, 7) is 0. The maximum absolute atomic E-state index is 12.4. The van der Waals surface area contributed by atoms with Gasteiger partial charge in [-0.15, -0.1) is 0 Å². The van der Waals surface area contributed by atoms with Crippen molar-refractivity contribution in [1.29, 1.82) is 0 Å². The number of hydrogen-bond donors (Lipinski definition) is 1. The lowest BCUT2D eigenvalue weighted by molar-refractivity contribution is -0.173. The fraction of sp³-hybridized carbons (Fsp3) is 0.0500. The molecule has 1 aliphatic heterocycles. The Balaban J connectivity index is 1.75. The summed E-state index contributed by atoms with van der Waals surface area (Å²) in [4.78, 5) is 12.4. The molecule has 0 fully saturated rings. The van der Waals surface area contributed by atoms with E-state index in [1.165, 1.54) is 6.08 Å². The van der Waals surface area contributed by atoms with Crippen LogP contribution in [0.4, 0.5) is 0 Å². The van der Waals surface area contributed by atoms with Crippen molar-refractivity contribution in [3.8, 4) is 0 Å². The molecule has 0 aromatic heterocycles. The zero-order valence-electron chi connectivity index (χ0n) is 12.3. The third kappa shape index (κ3) is 2.22. The van der Waals surface area contributed by atoms with E-state index in [-0.39, 0.29) is 0 Å². The minimum Gasteiger partial charge on any atom is -0.450 e.